The summed E-state index contributed by atoms with van der Waals surface area (Å²) in [5, 5.41) is 2.38. The number of aromatic nitrogens is 1. The second kappa shape index (κ2) is 9.06. The molecule has 0 saturated carbocycles. The molecule has 7 nitrogen and oxygen atoms in total. The number of pyridine rings is 1. The Kier molecular flexibility index (Phi) is 6.86. The highest BCUT2D eigenvalue weighted by Crippen LogP contribution is 2.37. The number of benzene rings is 1. The van der Waals surface area contributed by atoms with Crippen molar-refractivity contribution in [2.24, 2.45) is 0 Å². The maximum absolute atomic E-state index is 13.5. The van der Waals surface area contributed by atoms with Crippen LogP contribution in [0.1, 0.15) is 21.5 Å². The number of hydrogen-bond donors (Lipinski definition) is 2. The molecule has 1 fully saturated rings. The molecule has 0 bridgehead atoms. The van der Waals surface area contributed by atoms with Crippen molar-refractivity contribution < 1.29 is 40.1 Å². The minimum atomic E-state index is -4.86. The van der Waals surface area contributed by atoms with Gasteiger partial charge in [-0.25, -0.2) is 14.0 Å². The zero-order chi connectivity index (χ0) is 25.5. The van der Waals surface area contributed by atoms with E-state index >= 15 is 0 Å². The average molecular weight is 510 g/mol. The van der Waals surface area contributed by atoms with E-state index in [-0.39, 0.29) is 29.6 Å². The third kappa shape index (κ3) is 5.60. The van der Waals surface area contributed by atoms with Gasteiger partial charge in [0.2, 0.25) is 0 Å². The smallest absolute Gasteiger partial charge is 0.365 e. The van der Waals surface area contributed by atoms with E-state index in [4.69, 9.17) is 9.52 Å². The highest BCUT2D eigenvalue weighted by molar-refractivity contribution is 7.91. The van der Waals surface area contributed by atoms with Crippen LogP contribution in [0.15, 0.2) is 35.4 Å². The maximum atomic E-state index is 13.5. The lowest BCUT2D eigenvalue weighted by Crippen LogP contribution is -2.50. The number of nitrogens with zero attached hydrogens (tertiary/aromatic N) is 2. The second-order valence-electron chi connectivity index (χ2n) is 7.67. The Morgan fingerprint density at radius 1 is 1.26 bits per heavy atom. The van der Waals surface area contributed by atoms with E-state index in [1.807, 2.05) is 0 Å². The molecule has 0 radical (unpaired) electrons. The van der Waals surface area contributed by atoms with Crippen LogP contribution in [-0.2, 0) is 20.6 Å². The predicted octanol–water partition coefficient (Wildman–Crippen LogP) is 4.46. The molecular formula is C20H20F6N4O3S. The maximum Gasteiger partial charge on any atom is 0.418 e. The Labute approximate surface area is 191 Å². The van der Waals surface area contributed by atoms with Gasteiger partial charge in [-0.05, 0) is 30.7 Å². The number of morpholine rings is 1. The highest BCUT2D eigenvalue weighted by Gasteiger charge is 2.44. The molecule has 2 N–H and O–H groups in total. The fraction of sp³-hybridized carbons (Fsp3) is 0.400. The van der Waals surface area contributed by atoms with Crippen LogP contribution in [0.3, 0.4) is 0 Å². The van der Waals surface area contributed by atoms with E-state index < -0.39 is 57.3 Å². The summed E-state index contributed by atoms with van der Waals surface area (Å²) in [6.45, 7) is -0.224. The normalized spacial score (nSPS) is 18.9. The number of carbonyl (C=O) groups excluding carboxylic acids is 1. The highest BCUT2D eigenvalue weighted by atomic mass is 32.2. The lowest BCUT2D eigenvalue weighted by atomic mass is 10.0. The summed E-state index contributed by atoms with van der Waals surface area (Å²) < 4.78 is 104. The summed E-state index contributed by atoms with van der Waals surface area (Å²) in [5.74, 6) is -1.40. The molecule has 1 amide bonds. The van der Waals surface area contributed by atoms with Gasteiger partial charge in [0.25, 0.3) is 5.91 Å². The number of ether oxygens (including phenoxy) is 1. The molecule has 1 aliphatic rings. The van der Waals surface area contributed by atoms with Crippen LogP contribution in [0.2, 0.25) is 0 Å². The van der Waals surface area contributed by atoms with Gasteiger partial charge in [0, 0.05) is 29.6 Å². The third-order valence-corrected chi connectivity index (χ3v) is 6.28. The molecule has 1 aromatic heterocycles. The fourth-order valence-corrected chi connectivity index (χ4v) is 4.13. The van der Waals surface area contributed by atoms with Crippen LogP contribution in [0, 0.1) is 11.7 Å². The Bertz CT molecular complexity index is 1200. The Balaban J connectivity index is 2.06. The zero-order valence-corrected chi connectivity index (χ0v) is 18.7. The summed E-state index contributed by atoms with van der Waals surface area (Å²) in [4.78, 5) is 17.9. The number of nitrogens with one attached hydrogen (secondary N) is 2. The molecule has 186 valence electrons. The van der Waals surface area contributed by atoms with Gasteiger partial charge in [0.05, 0.1) is 34.0 Å². The minimum Gasteiger partial charge on any atom is -0.365 e. The molecule has 1 aromatic carbocycles. The standard InChI is InChI=1S/C20H20F6N4O3S/c1-11-14(19(21,22)23)9-28-17(30-6-7-33-15(10-30)20(24,25)26)16(11)18(31)29-12-4-3-5-13(8-12)34(2,27)32/h3-5,8-9,15,27H,6-7,10H2,1-2H3,(H,29,31)/t15-,34+/m0/s1. The van der Waals surface area contributed by atoms with E-state index in [1.54, 1.807) is 0 Å². The van der Waals surface area contributed by atoms with Crippen molar-refractivity contribution in [2.75, 3.05) is 36.2 Å². The van der Waals surface area contributed by atoms with Crippen molar-refractivity contribution in [3.63, 3.8) is 0 Å². The van der Waals surface area contributed by atoms with Gasteiger partial charge < -0.3 is 15.0 Å². The van der Waals surface area contributed by atoms with E-state index in [9.17, 15) is 35.3 Å². The van der Waals surface area contributed by atoms with Gasteiger partial charge in [0.1, 0.15) is 5.82 Å². The van der Waals surface area contributed by atoms with Crippen molar-refractivity contribution in [3.8, 4) is 0 Å². The predicted molar refractivity (Wildman–Crippen MR) is 111 cm³/mol. The summed E-state index contributed by atoms with van der Waals surface area (Å²) in [6.07, 6.45) is -10.1. The SMILES string of the molecule is Cc1c(C(F)(F)F)cnc(N2CCO[C@H](C(F)(F)F)C2)c1C(=O)Nc1cccc([S@](C)(=N)=O)c1. The summed E-state index contributed by atoms with van der Waals surface area (Å²) in [5.41, 5.74) is -2.23. The number of halogens is 6. The molecule has 0 spiro atoms. The number of rotatable bonds is 4. The van der Waals surface area contributed by atoms with Crippen molar-refractivity contribution >= 4 is 27.1 Å². The molecule has 1 aliphatic heterocycles. The Morgan fingerprint density at radius 3 is 2.53 bits per heavy atom. The number of hydrogen-bond acceptors (Lipinski definition) is 6. The number of amides is 1. The zero-order valence-electron chi connectivity index (χ0n) is 17.9. The van der Waals surface area contributed by atoms with E-state index in [2.05, 4.69) is 10.3 Å². The van der Waals surface area contributed by atoms with Gasteiger partial charge in [-0.2, -0.15) is 26.3 Å². The minimum absolute atomic E-state index is 0.0437. The molecule has 14 heteroatoms. The van der Waals surface area contributed by atoms with Gasteiger partial charge >= 0.3 is 12.4 Å². The quantitative estimate of drug-likeness (QED) is 0.593. The molecule has 2 aromatic rings. The Morgan fingerprint density at radius 2 is 1.94 bits per heavy atom. The molecule has 34 heavy (non-hydrogen) atoms. The van der Waals surface area contributed by atoms with Crippen LogP contribution in [0.4, 0.5) is 37.8 Å². The lowest BCUT2D eigenvalue weighted by molar-refractivity contribution is -0.221. The lowest BCUT2D eigenvalue weighted by Gasteiger charge is -2.35. The summed E-state index contributed by atoms with van der Waals surface area (Å²) in [7, 11) is -3.15. The first-order valence-corrected chi connectivity index (χ1v) is 11.7. The average Bonchev–Trinajstić information content (AvgIpc) is 2.71. The molecule has 3 rings (SSSR count). The number of alkyl halides is 6. The summed E-state index contributed by atoms with van der Waals surface area (Å²) in [6, 6.07) is 5.39. The van der Waals surface area contributed by atoms with E-state index in [0.29, 0.717) is 6.20 Å². The third-order valence-electron chi connectivity index (χ3n) is 5.12. The number of carbonyl (C=O) groups is 1. The van der Waals surface area contributed by atoms with Crippen LogP contribution < -0.4 is 10.2 Å². The molecule has 2 atom stereocenters. The second-order valence-corrected chi connectivity index (χ2v) is 9.82. The molecule has 1 saturated heterocycles. The van der Waals surface area contributed by atoms with Crippen LogP contribution in [0.5, 0.6) is 0 Å². The number of anilines is 2. The van der Waals surface area contributed by atoms with Crippen LogP contribution in [-0.4, -0.2) is 53.3 Å². The van der Waals surface area contributed by atoms with Crippen LogP contribution >= 0.6 is 0 Å². The van der Waals surface area contributed by atoms with Crippen molar-refractivity contribution in [1.82, 2.24) is 4.98 Å². The largest absolute Gasteiger partial charge is 0.418 e. The fourth-order valence-electron chi connectivity index (χ4n) is 3.44. The van der Waals surface area contributed by atoms with Crippen LogP contribution in [0.25, 0.3) is 0 Å². The molecule has 0 unspecified atom stereocenters. The molecule has 2 heterocycles. The van der Waals surface area contributed by atoms with Crippen molar-refractivity contribution in [2.45, 2.75) is 30.3 Å². The first kappa shape index (κ1) is 25.7. The van der Waals surface area contributed by atoms with Crippen molar-refractivity contribution in [3.05, 3.63) is 47.2 Å². The van der Waals surface area contributed by atoms with E-state index in [1.165, 1.54) is 24.3 Å². The van der Waals surface area contributed by atoms with Gasteiger partial charge in [-0.1, -0.05) is 6.07 Å². The first-order valence-electron chi connectivity index (χ1n) is 9.74. The van der Waals surface area contributed by atoms with Gasteiger partial charge in [0.15, 0.2) is 6.10 Å². The Hall–Kier alpha value is -2.87. The topological polar surface area (TPSA) is 95.4 Å². The van der Waals surface area contributed by atoms with Gasteiger partial charge in [-0.3, -0.25) is 4.79 Å². The first-order chi connectivity index (χ1) is 15.6. The summed E-state index contributed by atoms with van der Waals surface area (Å²) >= 11 is 0. The molecule has 0 aliphatic carbocycles. The van der Waals surface area contributed by atoms with Gasteiger partial charge in [-0.15, -0.1) is 0 Å². The molecular weight excluding hydrogens is 490 g/mol. The van der Waals surface area contributed by atoms with E-state index in [0.717, 1.165) is 18.1 Å². The van der Waals surface area contributed by atoms with Crippen molar-refractivity contribution in [1.29, 1.82) is 4.78 Å². The monoisotopic (exact) mass is 510 g/mol.